The third kappa shape index (κ3) is 8.33. The Labute approximate surface area is 206 Å². The van der Waals surface area contributed by atoms with Crippen LogP contribution >= 0.6 is 54.5 Å². The van der Waals surface area contributed by atoms with Gasteiger partial charge in [-0.2, -0.15) is 0 Å². The Bertz CT molecular complexity index is 755. The molecule has 0 aliphatic rings. The lowest BCUT2D eigenvalue weighted by Crippen LogP contribution is -2.02. The molecule has 2 rings (SSSR count). The first-order valence-electron chi connectivity index (χ1n) is 11.1. The van der Waals surface area contributed by atoms with Crippen molar-refractivity contribution in [1.29, 1.82) is 0 Å². The molecule has 2 aromatic heterocycles. The lowest BCUT2D eigenvalue weighted by molar-refractivity contribution is 0.0921. The number of carbonyl (C=O) groups excluding carboxylic acids is 2. The van der Waals surface area contributed by atoms with E-state index >= 15 is 0 Å². The second-order valence-electron chi connectivity index (χ2n) is 7.79. The van der Waals surface area contributed by atoms with Crippen LogP contribution in [0.15, 0.2) is 19.7 Å². The first kappa shape index (κ1) is 26.0. The number of ketones is 2. The third-order valence-corrected chi connectivity index (χ3v) is 9.25. The summed E-state index contributed by atoms with van der Waals surface area (Å²) in [4.78, 5) is 26.8. The number of carbonyl (C=O) groups is 2. The van der Waals surface area contributed by atoms with Crippen LogP contribution in [0.4, 0.5) is 0 Å². The molecule has 0 saturated carbocycles. The average molecular weight is 576 g/mol. The molecule has 2 aromatic rings. The molecule has 0 N–H and O–H groups in total. The summed E-state index contributed by atoms with van der Waals surface area (Å²) in [5.74, 6) is 0.147. The van der Waals surface area contributed by atoms with Crippen molar-refractivity contribution in [3.63, 3.8) is 0 Å². The van der Waals surface area contributed by atoms with Gasteiger partial charge in [0.15, 0.2) is 11.6 Å². The summed E-state index contributed by atoms with van der Waals surface area (Å²) in [5.41, 5.74) is 2.45. The van der Waals surface area contributed by atoms with Crippen molar-refractivity contribution in [3.8, 4) is 0 Å². The molecule has 2 heterocycles. The molecule has 0 fully saturated rings. The summed E-state index contributed by atoms with van der Waals surface area (Å²) < 4.78 is 2.12. The molecule has 30 heavy (non-hydrogen) atoms. The Morgan fingerprint density at radius 2 is 1.10 bits per heavy atom. The lowest BCUT2D eigenvalue weighted by atomic mass is 10.1. The van der Waals surface area contributed by atoms with Crippen LogP contribution in [0, 0.1) is 0 Å². The summed E-state index contributed by atoms with van der Waals surface area (Å²) in [5, 5.41) is 0. The Morgan fingerprint density at radius 3 is 1.47 bits per heavy atom. The molecule has 0 saturated heterocycles. The fourth-order valence-corrected chi connectivity index (χ4v) is 6.86. The lowest BCUT2D eigenvalue weighted by Gasteiger charge is -1.99. The Balaban J connectivity index is 1.85. The number of thiophene rings is 2. The van der Waals surface area contributed by atoms with Crippen molar-refractivity contribution in [2.45, 2.75) is 90.9 Å². The van der Waals surface area contributed by atoms with Crippen LogP contribution in [-0.4, -0.2) is 11.6 Å². The summed E-state index contributed by atoms with van der Waals surface area (Å²) in [7, 11) is 0. The number of rotatable bonds is 15. The van der Waals surface area contributed by atoms with E-state index in [-0.39, 0.29) is 24.4 Å². The van der Waals surface area contributed by atoms with Crippen molar-refractivity contribution >= 4 is 66.1 Å². The topological polar surface area (TPSA) is 34.1 Å². The van der Waals surface area contributed by atoms with Gasteiger partial charge in [-0.1, -0.05) is 52.4 Å². The van der Waals surface area contributed by atoms with E-state index in [2.05, 4.69) is 45.7 Å². The largest absolute Gasteiger partial charge is 0.293 e. The maximum absolute atomic E-state index is 12.6. The van der Waals surface area contributed by atoms with Crippen LogP contribution in [0.25, 0.3) is 0 Å². The first-order chi connectivity index (χ1) is 14.5. The van der Waals surface area contributed by atoms with Crippen molar-refractivity contribution < 1.29 is 9.59 Å². The molecule has 0 aliphatic heterocycles. The van der Waals surface area contributed by atoms with Gasteiger partial charge in [-0.05, 0) is 80.8 Å². The highest BCUT2D eigenvalue weighted by Gasteiger charge is 2.17. The van der Waals surface area contributed by atoms with Gasteiger partial charge < -0.3 is 0 Å². The predicted molar refractivity (Wildman–Crippen MR) is 138 cm³/mol. The molecular formula is C24H32Br2O2S2. The Hall–Kier alpha value is -0.300. The number of unbranched alkanes of at least 4 members (excludes halogenated alkanes) is 6. The van der Waals surface area contributed by atoms with E-state index in [1.807, 2.05) is 12.1 Å². The van der Waals surface area contributed by atoms with E-state index in [1.165, 1.54) is 72.3 Å². The number of hydrogen-bond acceptors (Lipinski definition) is 4. The highest BCUT2D eigenvalue weighted by molar-refractivity contribution is 9.11. The standard InChI is InChI=1S/C24H32Br2O2S2/c1-3-5-7-9-11-17-15-21(29-23(17)25)19(27)13-14-20(28)22-16-18(24(26)30-22)12-10-8-6-4-2/h15-16H,3-14H2,1-2H3. The quantitative estimate of drug-likeness (QED) is 0.156. The van der Waals surface area contributed by atoms with Crippen LogP contribution < -0.4 is 0 Å². The Kier molecular flexibility index (Phi) is 12.1. The molecule has 0 radical (unpaired) electrons. The van der Waals surface area contributed by atoms with Gasteiger partial charge in [-0.25, -0.2) is 0 Å². The van der Waals surface area contributed by atoms with Gasteiger partial charge in [0, 0.05) is 12.8 Å². The van der Waals surface area contributed by atoms with Gasteiger partial charge in [0.2, 0.25) is 0 Å². The minimum atomic E-state index is 0.0734. The zero-order valence-corrected chi connectivity index (χ0v) is 22.8. The summed E-state index contributed by atoms with van der Waals surface area (Å²) in [6, 6.07) is 4.04. The van der Waals surface area contributed by atoms with Crippen LogP contribution in [0.5, 0.6) is 0 Å². The van der Waals surface area contributed by atoms with Crippen LogP contribution in [0.3, 0.4) is 0 Å². The summed E-state index contributed by atoms with van der Waals surface area (Å²) in [6.45, 7) is 4.42. The number of aryl methyl sites for hydroxylation is 2. The monoisotopic (exact) mass is 574 g/mol. The second-order valence-corrected chi connectivity index (χ2v) is 12.5. The zero-order chi connectivity index (χ0) is 21.9. The van der Waals surface area contributed by atoms with Crippen LogP contribution in [0.2, 0.25) is 0 Å². The minimum Gasteiger partial charge on any atom is -0.293 e. The molecule has 0 unspecified atom stereocenters. The van der Waals surface area contributed by atoms with Crippen molar-refractivity contribution in [2.75, 3.05) is 0 Å². The third-order valence-electron chi connectivity index (χ3n) is 5.24. The molecule has 0 aromatic carbocycles. The van der Waals surface area contributed by atoms with Gasteiger partial charge in [0.25, 0.3) is 0 Å². The number of hydrogen-bond donors (Lipinski definition) is 0. The maximum Gasteiger partial charge on any atom is 0.173 e. The van der Waals surface area contributed by atoms with Gasteiger partial charge in [-0.15, -0.1) is 22.7 Å². The molecule has 166 valence electrons. The van der Waals surface area contributed by atoms with Crippen molar-refractivity contribution in [3.05, 3.63) is 40.6 Å². The molecule has 6 heteroatoms. The van der Waals surface area contributed by atoms with E-state index in [4.69, 9.17) is 0 Å². The van der Waals surface area contributed by atoms with Crippen LogP contribution in [-0.2, 0) is 12.8 Å². The van der Waals surface area contributed by atoms with Gasteiger partial charge in [0.1, 0.15) is 0 Å². The van der Waals surface area contributed by atoms with Crippen LogP contribution in [0.1, 0.15) is 109 Å². The molecular weight excluding hydrogens is 544 g/mol. The van der Waals surface area contributed by atoms with Gasteiger partial charge in [0.05, 0.1) is 17.3 Å². The summed E-state index contributed by atoms with van der Waals surface area (Å²) >= 11 is 10.2. The number of halogens is 2. The van der Waals surface area contributed by atoms with E-state index in [9.17, 15) is 9.59 Å². The first-order valence-corrected chi connectivity index (χ1v) is 14.3. The minimum absolute atomic E-state index is 0.0734. The van der Waals surface area contributed by atoms with E-state index in [1.54, 1.807) is 0 Å². The SMILES string of the molecule is CCCCCCc1cc(C(=O)CCC(=O)c2cc(CCCCCC)c(Br)s2)sc1Br. The number of Topliss-reactive ketones (excluding diaryl/α,β-unsaturated/α-hetero) is 2. The fraction of sp³-hybridized carbons (Fsp3) is 0.583. The van der Waals surface area contributed by atoms with E-state index in [0.29, 0.717) is 0 Å². The molecule has 0 amide bonds. The molecule has 2 nitrogen and oxygen atoms in total. The van der Waals surface area contributed by atoms with Gasteiger partial charge >= 0.3 is 0 Å². The Morgan fingerprint density at radius 1 is 0.700 bits per heavy atom. The molecule has 0 atom stereocenters. The highest BCUT2D eigenvalue weighted by Crippen LogP contribution is 2.32. The smallest absolute Gasteiger partial charge is 0.173 e. The van der Waals surface area contributed by atoms with E-state index < -0.39 is 0 Å². The van der Waals surface area contributed by atoms with Crippen molar-refractivity contribution in [2.24, 2.45) is 0 Å². The fourth-order valence-electron chi connectivity index (χ4n) is 3.39. The normalized spacial score (nSPS) is 11.2. The zero-order valence-electron chi connectivity index (χ0n) is 18.0. The maximum atomic E-state index is 12.6. The predicted octanol–water partition coefficient (Wildman–Crippen LogP) is 9.43. The van der Waals surface area contributed by atoms with E-state index in [0.717, 1.165) is 43.0 Å². The molecule has 0 bridgehead atoms. The highest BCUT2D eigenvalue weighted by atomic mass is 79.9. The van der Waals surface area contributed by atoms with Gasteiger partial charge in [-0.3, -0.25) is 9.59 Å². The summed E-state index contributed by atoms with van der Waals surface area (Å²) in [6.07, 6.45) is 12.3. The molecule has 0 aliphatic carbocycles. The average Bonchev–Trinajstić information content (AvgIpc) is 3.29. The van der Waals surface area contributed by atoms with Crippen molar-refractivity contribution in [1.82, 2.24) is 0 Å². The molecule has 0 spiro atoms. The second kappa shape index (κ2) is 14.0.